The number of fused-ring (bicyclic) bond motifs is 1. The van der Waals surface area contributed by atoms with Crippen LogP contribution in [0.1, 0.15) is 28.1 Å². The van der Waals surface area contributed by atoms with Gasteiger partial charge in [-0.3, -0.25) is 4.79 Å². The molecule has 0 unspecified atom stereocenters. The van der Waals surface area contributed by atoms with Gasteiger partial charge in [-0.15, -0.1) is 11.3 Å². The molecule has 28 heavy (non-hydrogen) atoms. The maximum atomic E-state index is 12.8. The molecule has 0 saturated carbocycles. The van der Waals surface area contributed by atoms with Crippen LogP contribution in [0, 0.1) is 6.92 Å². The number of imidazole rings is 1. The highest BCUT2D eigenvalue weighted by atomic mass is 35.5. The van der Waals surface area contributed by atoms with E-state index < -0.39 is 0 Å². The van der Waals surface area contributed by atoms with E-state index in [4.69, 9.17) is 11.6 Å². The van der Waals surface area contributed by atoms with Gasteiger partial charge < -0.3 is 9.88 Å². The summed E-state index contributed by atoms with van der Waals surface area (Å²) in [6, 6.07) is 15.5. The molecule has 5 nitrogen and oxygen atoms in total. The molecule has 7 heteroatoms. The van der Waals surface area contributed by atoms with Gasteiger partial charge in [0.2, 0.25) is 0 Å². The molecule has 0 aliphatic heterocycles. The standard InChI is InChI=1S/C21H19ClN4OS/c1-3-26-17-7-5-4-6-16(17)25-18(26)12-23-20(27)19-13(2)24-21(28-19)14-8-10-15(22)11-9-14/h4-11H,3,12H2,1-2H3,(H,23,27). The second-order valence-electron chi connectivity index (χ2n) is 6.38. The van der Waals surface area contributed by atoms with E-state index in [0.717, 1.165) is 39.7 Å². The monoisotopic (exact) mass is 410 g/mol. The van der Waals surface area contributed by atoms with Gasteiger partial charge in [0.25, 0.3) is 5.91 Å². The normalized spacial score (nSPS) is 11.1. The molecule has 0 aliphatic rings. The molecule has 1 amide bonds. The van der Waals surface area contributed by atoms with Crippen molar-refractivity contribution in [2.75, 3.05) is 0 Å². The highest BCUT2D eigenvalue weighted by Crippen LogP contribution is 2.29. The largest absolute Gasteiger partial charge is 0.344 e. The van der Waals surface area contributed by atoms with Crippen LogP contribution in [0.15, 0.2) is 48.5 Å². The summed E-state index contributed by atoms with van der Waals surface area (Å²) in [6.45, 7) is 5.10. The van der Waals surface area contributed by atoms with Crippen LogP contribution in [0.2, 0.25) is 5.02 Å². The van der Waals surface area contributed by atoms with Crippen molar-refractivity contribution >= 4 is 39.9 Å². The summed E-state index contributed by atoms with van der Waals surface area (Å²) in [5.74, 6) is 0.710. The molecule has 0 spiro atoms. The predicted octanol–water partition coefficient (Wildman–Crippen LogP) is 5.07. The van der Waals surface area contributed by atoms with Gasteiger partial charge in [0.05, 0.1) is 23.3 Å². The quantitative estimate of drug-likeness (QED) is 0.499. The van der Waals surface area contributed by atoms with Crippen molar-refractivity contribution in [2.24, 2.45) is 0 Å². The third-order valence-corrected chi connectivity index (χ3v) is 6.01. The number of hydrogen-bond donors (Lipinski definition) is 1. The summed E-state index contributed by atoms with van der Waals surface area (Å²) in [7, 11) is 0. The van der Waals surface area contributed by atoms with Crippen molar-refractivity contribution in [1.29, 1.82) is 0 Å². The molecule has 2 aromatic heterocycles. The third-order valence-electron chi connectivity index (χ3n) is 4.55. The minimum Gasteiger partial charge on any atom is -0.344 e. The van der Waals surface area contributed by atoms with E-state index >= 15 is 0 Å². The summed E-state index contributed by atoms with van der Waals surface area (Å²) < 4.78 is 2.12. The lowest BCUT2D eigenvalue weighted by molar-refractivity contribution is 0.0953. The van der Waals surface area contributed by atoms with Gasteiger partial charge in [-0.05, 0) is 38.1 Å². The SMILES string of the molecule is CCn1c(CNC(=O)c2sc(-c3ccc(Cl)cc3)nc2C)nc2ccccc21. The molecule has 4 aromatic rings. The van der Waals surface area contributed by atoms with Gasteiger partial charge in [-0.1, -0.05) is 35.9 Å². The lowest BCUT2D eigenvalue weighted by Gasteiger charge is -2.07. The Morgan fingerprint density at radius 1 is 1.14 bits per heavy atom. The smallest absolute Gasteiger partial charge is 0.263 e. The minimum absolute atomic E-state index is 0.134. The second kappa shape index (κ2) is 7.73. The maximum absolute atomic E-state index is 12.8. The van der Waals surface area contributed by atoms with E-state index in [2.05, 4.69) is 26.8 Å². The molecular weight excluding hydrogens is 392 g/mol. The van der Waals surface area contributed by atoms with Gasteiger partial charge in [0.15, 0.2) is 0 Å². The lowest BCUT2D eigenvalue weighted by Crippen LogP contribution is -2.24. The number of amides is 1. The zero-order valence-electron chi connectivity index (χ0n) is 15.6. The minimum atomic E-state index is -0.134. The first-order valence-electron chi connectivity index (χ1n) is 9.02. The fourth-order valence-electron chi connectivity index (χ4n) is 3.18. The first-order chi connectivity index (χ1) is 13.6. The van der Waals surface area contributed by atoms with Gasteiger partial charge in [0, 0.05) is 17.1 Å². The first-order valence-corrected chi connectivity index (χ1v) is 10.2. The number of para-hydroxylation sites is 2. The molecule has 0 fully saturated rings. The highest BCUT2D eigenvalue weighted by Gasteiger charge is 2.17. The van der Waals surface area contributed by atoms with Crippen molar-refractivity contribution < 1.29 is 4.79 Å². The zero-order valence-corrected chi connectivity index (χ0v) is 17.1. The van der Waals surface area contributed by atoms with Crippen molar-refractivity contribution in [3.63, 3.8) is 0 Å². The molecule has 1 N–H and O–H groups in total. The Balaban J connectivity index is 1.54. The Morgan fingerprint density at radius 3 is 2.64 bits per heavy atom. The van der Waals surface area contributed by atoms with Crippen LogP contribution in [0.3, 0.4) is 0 Å². The molecule has 0 aliphatic carbocycles. The average molecular weight is 411 g/mol. The topological polar surface area (TPSA) is 59.8 Å². The molecule has 0 saturated heterocycles. The maximum Gasteiger partial charge on any atom is 0.263 e. The van der Waals surface area contributed by atoms with Crippen molar-refractivity contribution in [3.05, 3.63) is 69.9 Å². The number of carbonyl (C=O) groups excluding carboxylic acids is 1. The summed E-state index contributed by atoms with van der Waals surface area (Å²) in [6.07, 6.45) is 0. The van der Waals surface area contributed by atoms with Gasteiger partial charge in [-0.2, -0.15) is 0 Å². The fraction of sp³-hybridized carbons (Fsp3) is 0.190. The molecule has 0 radical (unpaired) electrons. The number of halogens is 1. The number of nitrogens with one attached hydrogen (secondary N) is 1. The molecule has 0 atom stereocenters. The first kappa shape index (κ1) is 18.7. The highest BCUT2D eigenvalue weighted by molar-refractivity contribution is 7.17. The number of carbonyl (C=O) groups is 1. The summed E-state index contributed by atoms with van der Waals surface area (Å²) >= 11 is 7.33. The van der Waals surface area contributed by atoms with E-state index in [-0.39, 0.29) is 5.91 Å². The number of hydrogen-bond acceptors (Lipinski definition) is 4. The van der Waals surface area contributed by atoms with Crippen LogP contribution in [0.25, 0.3) is 21.6 Å². The average Bonchev–Trinajstić information content (AvgIpc) is 3.26. The van der Waals surface area contributed by atoms with Crippen molar-refractivity contribution in [2.45, 2.75) is 26.9 Å². The van der Waals surface area contributed by atoms with E-state index in [1.165, 1.54) is 11.3 Å². The van der Waals surface area contributed by atoms with Gasteiger partial charge in [-0.25, -0.2) is 9.97 Å². The van der Waals surface area contributed by atoms with E-state index in [9.17, 15) is 4.79 Å². The zero-order chi connectivity index (χ0) is 19.7. The summed E-state index contributed by atoms with van der Waals surface area (Å²) in [5, 5.41) is 4.47. The summed E-state index contributed by atoms with van der Waals surface area (Å²) in [4.78, 5) is 22.6. The molecule has 142 valence electrons. The Bertz CT molecular complexity index is 1150. The fourth-order valence-corrected chi connectivity index (χ4v) is 4.29. The molecule has 2 aromatic carbocycles. The lowest BCUT2D eigenvalue weighted by atomic mass is 10.2. The van der Waals surface area contributed by atoms with Crippen LogP contribution in [-0.4, -0.2) is 20.4 Å². The van der Waals surface area contributed by atoms with Crippen LogP contribution >= 0.6 is 22.9 Å². The Kier molecular flexibility index (Phi) is 5.15. The van der Waals surface area contributed by atoms with E-state index in [1.807, 2.05) is 55.5 Å². The Hall–Kier alpha value is -2.70. The van der Waals surface area contributed by atoms with Crippen molar-refractivity contribution in [3.8, 4) is 10.6 Å². The van der Waals surface area contributed by atoms with Gasteiger partial charge in [0.1, 0.15) is 15.7 Å². The molecule has 4 rings (SSSR count). The number of thiazole rings is 1. The number of aromatic nitrogens is 3. The van der Waals surface area contributed by atoms with Crippen LogP contribution in [-0.2, 0) is 13.1 Å². The number of nitrogens with zero attached hydrogens (tertiary/aromatic N) is 3. The second-order valence-corrected chi connectivity index (χ2v) is 7.82. The van der Waals surface area contributed by atoms with E-state index in [1.54, 1.807) is 0 Å². The molecular formula is C21H19ClN4OS. The van der Waals surface area contributed by atoms with Crippen LogP contribution < -0.4 is 5.32 Å². The van der Waals surface area contributed by atoms with Crippen LogP contribution in [0.4, 0.5) is 0 Å². The van der Waals surface area contributed by atoms with Crippen molar-refractivity contribution in [1.82, 2.24) is 19.9 Å². The molecule has 2 heterocycles. The van der Waals surface area contributed by atoms with E-state index in [0.29, 0.717) is 16.4 Å². The Labute approximate surface area is 172 Å². The van der Waals surface area contributed by atoms with Crippen LogP contribution in [0.5, 0.6) is 0 Å². The number of aryl methyl sites for hydroxylation is 2. The molecule has 0 bridgehead atoms. The third kappa shape index (κ3) is 3.53. The Morgan fingerprint density at radius 2 is 1.89 bits per heavy atom. The predicted molar refractivity (Wildman–Crippen MR) is 114 cm³/mol. The number of rotatable bonds is 5. The number of benzene rings is 2. The van der Waals surface area contributed by atoms with Gasteiger partial charge >= 0.3 is 0 Å². The summed E-state index contributed by atoms with van der Waals surface area (Å²) in [5.41, 5.74) is 3.68.